The Bertz CT molecular complexity index is 624. The normalized spacial score (nSPS) is 14.5. The average Bonchev–Trinajstić information content (AvgIpc) is 3.01. The first kappa shape index (κ1) is 14.2. The van der Waals surface area contributed by atoms with Crippen LogP contribution in [-0.2, 0) is 6.54 Å². The maximum absolute atomic E-state index is 13.1. The molecule has 0 aliphatic carbocycles. The summed E-state index contributed by atoms with van der Waals surface area (Å²) in [7, 11) is 0. The molecule has 2 aromatic carbocycles. The minimum atomic E-state index is -0.317. The highest BCUT2D eigenvalue weighted by Gasteiger charge is 2.15. The van der Waals surface area contributed by atoms with Crippen molar-refractivity contribution in [3.8, 4) is 0 Å². The van der Waals surface area contributed by atoms with Gasteiger partial charge in [-0.2, -0.15) is 0 Å². The Morgan fingerprint density at radius 2 is 1.86 bits per heavy atom. The van der Waals surface area contributed by atoms with Crippen molar-refractivity contribution in [3.05, 3.63) is 58.9 Å². The summed E-state index contributed by atoms with van der Waals surface area (Å²) in [6.45, 7) is 2.92. The summed E-state index contributed by atoms with van der Waals surface area (Å²) in [5.74, 6) is -0.317. The molecule has 4 heteroatoms. The number of nitrogens with zero attached hydrogens (tertiary/aromatic N) is 1. The van der Waals surface area contributed by atoms with Crippen molar-refractivity contribution in [1.82, 2.24) is 0 Å². The molecule has 1 heterocycles. The summed E-state index contributed by atoms with van der Waals surface area (Å²) in [6.07, 6.45) is 2.51. The Morgan fingerprint density at radius 3 is 2.62 bits per heavy atom. The second kappa shape index (κ2) is 6.35. The van der Waals surface area contributed by atoms with Crippen molar-refractivity contribution in [2.45, 2.75) is 19.4 Å². The summed E-state index contributed by atoms with van der Waals surface area (Å²) < 4.78 is 13.1. The fraction of sp³-hybridized carbons (Fsp3) is 0.294. The number of anilines is 2. The van der Waals surface area contributed by atoms with Crippen LogP contribution in [0.3, 0.4) is 0 Å². The lowest BCUT2D eigenvalue weighted by molar-refractivity contribution is 0.628. The minimum Gasteiger partial charge on any atom is -0.380 e. The van der Waals surface area contributed by atoms with Gasteiger partial charge in [-0.1, -0.05) is 29.8 Å². The molecule has 2 aromatic rings. The van der Waals surface area contributed by atoms with E-state index < -0.39 is 0 Å². The molecule has 1 aliphatic heterocycles. The largest absolute Gasteiger partial charge is 0.380 e. The van der Waals surface area contributed by atoms with Gasteiger partial charge in [0.1, 0.15) is 5.82 Å². The molecule has 1 aliphatic rings. The van der Waals surface area contributed by atoms with E-state index in [4.69, 9.17) is 11.6 Å². The second-order valence-electron chi connectivity index (χ2n) is 5.30. The Balaban J connectivity index is 1.75. The third-order valence-electron chi connectivity index (χ3n) is 3.84. The molecule has 0 bridgehead atoms. The van der Waals surface area contributed by atoms with Gasteiger partial charge in [0.2, 0.25) is 0 Å². The third-order valence-corrected chi connectivity index (χ3v) is 4.15. The van der Waals surface area contributed by atoms with E-state index in [9.17, 15) is 4.39 Å². The van der Waals surface area contributed by atoms with Gasteiger partial charge < -0.3 is 10.2 Å². The van der Waals surface area contributed by atoms with Gasteiger partial charge >= 0.3 is 0 Å². The number of benzene rings is 2. The van der Waals surface area contributed by atoms with E-state index in [-0.39, 0.29) is 5.82 Å². The topological polar surface area (TPSA) is 15.3 Å². The lowest BCUT2D eigenvalue weighted by Crippen LogP contribution is -2.19. The van der Waals surface area contributed by atoms with Crippen LogP contribution in [-0.4, -0.2) is 13.1 Å². The number of nitrogens with one attached hydrogen (secondary N) is 1. The van der Waals surface area contributed by atoms with Crippen LogP contribution in [0, 0.1) is 5.82 Å². The van der Waals surface area contributed by atoms with Gasteiger partial charge in [-0.05, 0) is 42.7 Å². The Morgan fingerprint density at radius 1 is 1.10 bits per heavy atom. The highest BCUT2D eigenvalue weighted by Crippen LogP contribution is 2.27. The molecule has 0 atom stereocenters. The summed E-state index contributed by atoms with van der Waals surface area (Å²) in [4.78, 5) is 2.42. The zero-order valence-corrected chi connectivity index (χ0v) is 12.5. The van der Waals surface area contributed by atoms with Gasteiger partial charge in [-0.3, -0.25) is 0 Å². The van der Waals surface area contributed by atoms with E-state index in [1.165, 1.54) is 36.2 Å². The maximum atomic E-state index is 13.1. The molecule has 21 heavy (non-hydrogen) atoms. The van der Waals surface area contributed by atoms with Crippen molar-refractivity contribution in [2.24, 2.45) is 0 Å². The van der Waals surface area contributed by atoms with Crippen LogP contribution in [0.2, 0.25) is 5.02 Å². The molecule has 0 aromatic heterocycles. The molecule has 1 saturated heterocycles. The first-order valence-electron chi connectivity index (χ1n) is 7.26. The number of halogens is 2. The van der Waals surface area contributed by atoms with Crippen LogP contribution in [0.25, 0.3) is 0 Å². The average molecular weight is 305 g/mol. The van der Waals surface area contributed by atoms with Gasteiger partial charge in [-0.25, -0.2) is 4.39 Å². The molecule has 0 radical (unpaired) electrons. The van der Waals surface area contributed by atoms with Crippen LogP contribution in [0.4, 0.5) is 15.8 Å². The van der Waals surface area contributed by atoms with Crippen molar-refractivity contribution >= 4 is 23.0 Å². The fourth-order valence-electron chi connectivity index (χ4n) is 2.75. The Labute approximate surface area is 129 Å². The Hall–Kier alpha value is -1.74. The SMILES string of the molecule is Fc1ccc(NCc2ccccc2N2CCCC2)c(Cl)c1. The zero-order chi connectivity index (χ0) is 14.7. The lowest BCUT2D eigenvalue weighted by Gasteiger charge is -2.22. The van der Waals surface area contributed by atoms with Gasteiger partial charge in [0.05, 0.1) is 10.7 Å². The third kappa shape index (κ3) is 3.30. The van der Waals surface area contributed by atoms with Gasteiger partial charge in [-0.15, -0.1) is 0 Å². The first-order chi connectivity index (χ1) is 10.2. The van der Waals surface area contributed by atoms with Crippen LogP contribution < -0.4 is 10.2 Å². The lowest BCUT2D eigenvalue weighted by atomic mass is 10.1. The molecule has 0 amide bonds. The summed E-state index contributed by atoms with van der Waals surface area (Å²) >= 11 is 6.05. The molecule has 0 spiro atoms. The number of hydrogen-bond acceptors (Lipinski definition) is 2. The van der Waals surface area contributed by atoms with Crippen LogP contribution in [0.15, 0.2) is 42.5 Å². The molecule has 0 unspecified atom stereocenters. The van der Waals surface area contributed by atoms with E-state index in [0.29, 0.717) is 11.6 Å². The van der Waals surface area contributed by atoms with Gasteiger partial charge in [0.25, 0.3) is 0 Å². The zero-order valence-electron chi connectivity index (χ0n) is 11.8. The van der Waals surface area contributed by atoms with E-state index in [1.807, 2.05) is 6.07 Å². The number of para-hydroxylation sites is 1. The molecule has 1 fully saturated rings. The predicted octanol–water partition coefficient (Wildman–Crippen LogP) is 4.69. The number of rotatable bonds is 4. The quantitative estimate of drug-likeness (QED) is 0.881. The van der Waals surface area contributed by atoms with Crippen LogP contribution in [0.5, 0.6) is 0 Å². The smallest absolute Gasteiger partial charge is 0.124 e. The summed E-state index contributed by atoms with van der Waals surface area (Å²) in [5, 5.41) is 3.71. The molecule has 2 nitrogen and oxygen atoms in total. The fourth-order valence-corrected chi connectivity index (χ4v) is 2.98. The van der Waals surface area contributed by atoms with Crippen molar-refractivity contribution in [3.63, 3.8) is 0 Å². The highest BCUT2D eigenvalue weighted by atomic mass is 35.5. The van der Waals surface area contributed by atoms with E-state index in [2.05, 4.69) is 28.4 Å². The van der Waals surface area contributed by atoms with E-state index >= 15 is 0 Å². The van der Waals surface area contributed by atoms with Gasteiger partial charge in [0, 0.05) is 25.3 Å². The summed E-state index contributed by atoms with van der Waals surface area (Å²) in [5.41, 5.74) is 3.27. The van der Waals surface area contributed by atoms with Gasteiger partial charge in [0.15, 0.2) is 0 Å². The molecule has 0 saturated carbocycles. The van der Waals surface area contributed by atoms with Crippen LogP contribution >= 0.6 is 11.6 Å². The van der Waals surface area contributed by atoms with E-state index in [1.54, 1.807) is 6.07 Å². The van der Waals surface area contributed by atoms with Crippen molar-refractivity contribution in [1.29, 1.82) is 0 Å². The predicted molar refractivity (Wildman–Crippen MR) is 86.6 cm³/mol. The highest BCUT2D eigenvalue weighted by molar-refractivity contribution is 6.33. The molecular formula is C17H18ClFN2. The maximum Gasteiger partial charge on any atom is 0.124 e. The van der Waals surface area contributed by atoms with Crippen molar-refractivity contribution < 1.29 is 4.39 Å². The van der Waals surface area contributed by atoms with Crippen LogP contribution in [0.1, 0.15) is 18.4 Å². The monoisotopic (exact) mass is 304 g/mol. The molecule has 3 rings (SSSR count). The molecule has 110 valence electrons. The Kier molecular flexibility index (Phi) is 4.30. The standard InChI is InChI=1S/C17H18ClFN2/c18-15-11-14(19)7-8-16(15)20-12-13-5-1-2-6-17(13)21-9-3-4-10-21/h1-2,5-8,11,20H,3-4,9-10,12H2. The van der Waals surface area contributed by atoms with Crippen molar-refractivity contribution in [2.75, 3.05) is 23.3 Å². The molecular weight excluding hydrogens is 287 g/mol. The second-order valence-corrected chi connectivity index (χ2v) is 5.71. The molecule has 1 N–H and O–H groups in total. The minimum absolute atomic E-state index is 0.317. The van der Waals surface area contributed by atoms with E-state index in [0.717, 1.165) is 18.8 Å². The number of hydrogen-bond donors (Lipinski definition) is 1. The first-order valence-corrected chi connectivity index (χ1v) is 7.63. The summed E-state index contributed by atoms with van der Waals surface area (Å²) in [6, 6.07) is 12.8.